The Balaban J connectivity index is 2.33. The summed E-state index contributed by atoms with van der Waals surface area (Å²) in [5.41, 5.74) is 0. The Bertz CT molecular complexity index is 385. The molecule has 2 aromatic heterocycles. The molecule has 13 heavy (non-hydrogen) atoms. The summed E-state index contributed by atoms with van der Waals surface area (Å²) in [5.74, 6) is 0.518. The van der Waals surface area contributed by atoms with Gasteiger partial charge in [0.15, 0.2) is 0 Å². The number of hydrogen-bond donors (Lipinski definition) is 2. The average Bonchev–Trinajstić information content (AvgIpc) is 2.72. The molecule has 0 aliphatic heterocycles. The quantitative estimate of drug-likeness (QED) is 0.805. The number of aromatic nitrogens is 2. The number of nitrogens with one attached hydrogen (secondary N) is 1. The van der Waals surface area contributed by atoms with Crippen molar-refractivity contribution in [1.82, 2.24) is 9.97 Å². The van der Waals surface area contributed by atoms with Crippen LogP contribution in [0.2, 0.25) is 5.02 Å². The van der Waals surface area contributed by atoms with Crippen molar-refractivity contribution < 1.29 is 5.11 Å². The van der Waals surface area contributed by atoms with Crippen LogP contribution < -0.4 is 0 Å². The average molecular weight is 215 g/mol. The van der Waals surface area contributed by atoms with Crippen molar-refractivity contribution >= 4 is 22.9 Å². The molecular formula is C8H7ClN2OS. The lowest BCUT2D eigenvalue weighted by Gasteiger charge is -2.04. The smallest absolute Gasteiger partial charge is 0.147 e. The zero-order valence-electron chi connectivity index (χ0n) is 6.57. The number of aromatic amines is 1. The van der Waals surface area contributed by atoms with Crippen molar-refractivity contribution in [1.29, 1.82) is 0 Å². The second kappa shape index (κ2) is 3.49. The van der Waals surface area contributed by atoms with E-state index in [0.29, 0.717) is 10.8 Å². The van der Waals surface area contributed by atoms with Gasteiger partial charge < -0.3 is 10.1 Å². The van der Waals surface area contributed by atoms with Gasteiger partial charge in [-0.25, -0.2) is 4.98 Å². The number of imidazole rings is 1. The lowest BCUT2D eigenvalue weighted by atomic mass is 10.3. The van der Waals surface area contributed by atoms with E-state index >= 15 is 0 Å². The van der Waals surface area contributed by atoms with Gasteiger partial charge in [0, 0.05) is 12.4 Å². The van der Waals surface area contributed by atoms with Crippen LogP contribution in [0, 0.1) is 0 Å². The standard InChI is InChI=1S/C8H7ClN2OS/c9-5-1-4-13-7(5)6(12)8-10-2-3-11-8/h1-4,6,12H,(H,10,11). The van der Waals surface area contributed by atoms with Crippen molar-refractivity contribution in [3.8, 4) is 0 Å². The third kappa shape index (κ3) is 1.60. The van der Waals surface area contributed by atoms with E-state index in [-0.39, 0.29) is 0 Å². The number of H-pyrrole nitrogens is 1. The fourth-order valence-electron chi connectivity index (χ4n) is 1.05. The molecule has 2 N–H and O–H groups in total. The highest BCUT2D eigenvalue weighted by atomic mass is 35.5. The molecule has 0 spiro atoms. The lowest BCUT2D eigenvalue weighted by Crippen LogP contribution is -1.99. The van der Waals surface area contributed by atoms with Crippen LogP contribution in [0.1, 0.15) is 16.8 Å². The van der Waals surface area contributed by atoms with Crippen LogP contribution in [0.5, 0.6) is 0 Å². The van der Waals surface area contributed by atoms with Gasteiger partial charge in [-0.1, -0.05) is 11.6 Å². The SMILES string of the molecule is OC(c1ncc[nH]1)c1sccc1Cl. The van der Waals surface area contributed by atoms with E-state index in [1.54, 1.807) is 18.5 Å². The highest BCUT2D eigenvalue weighted by Crippen LogP contribution is 2.30. The molecular weight excluding hydrogens is 208 g/mol. The largest absolute Gasteiger partial charge is 0.379 e. The summed E-state index contributed by atoms with van der Waals surface area (Å²) in [6.07, 6.45) is 2.52. The molecule has 0 saturated carbocycles. The number of nitrogens with zero attached hydrogens (tertiary/aromatic N) is 1. The van der Waals surface area contributed by atoms with Crippen LogP contribution in [-0.4, -0.2) is 15.1 Å². The van der Waals surface area contributed by atoms with Gasteiger partial charge >= 0.3 is 0 Å². The second-order valence-corrected chi connectivity index (χ2v) is 3.86. The molecule has 1 unspecified atom stereocenters. The van der Waals surface area contributed by atoms with E-state index in [0.717, 1.165) is 4.88 Å². The van der Waals surface area contributed by atoms with Crippen LogP contribution in [0.15, 0.2) is 23.8 Å². The Morgan fingerprint density at radius 3 is 3.00 bits per heavy atom. The predicted molar refractivity (Wildman–Crippen MR) is 52.0 cm³/mol. The van der Waals surface area contributed by atoms with Gasteiger partial charge in [0.25, 0.3) is 0 Å². The number of thiophene rings is 1. The Hall–Kier alpha value is -0.840. The van der Waals surface area contributed by atoms with Crippen LogP contribution >= 0.6 is 22.9 Å². The van der Waals surface area contributed by atoms with E-state index in [1.807, 2.05) is 5.38 Å². The van der Waals surface area contributed by atoms with Crippen LogP contribution in [0.4, 0.5) is 0 Å². The molecule has 0 amide bonds. The van der Waals surface area contributed by atoms with Gasteiger partial charge in [-0.3, -0.25) is 0 Å². The summed E-state index contributed by atoms with van der Waals surface area (Å²) in [6.45, 7) is 0. The van der Waals surface area contributed by atoms with Gasteiger partial charge in [-0.2, -0.15) is 0 Å². The number of aliphatic hydroxyl groups is 1. The molecule has 5 heteroatoms. The first-order valence-corrected chi connectivity index (χ1v) is 4.95. The highest BCUT2D eigenvalue weighted by Gasteiger charge is 2.16. The van der Waals surface area contributed by atoms with Gasteiger partial charge in [0.1, 0.15) is 11.9 Å². The molecule has 1 atom stereocenters. The Morgan fingerprint density at radius 1 is 1.62 bits per heavy atom. The van der Waals surface area contributed by atoms with Crippen molar-refractivity contribution in [3.05, 3.63) is 39.6 Å². The summed E-state index contributed by atoms with van der Waals surface area (Å²) in [7, 11) is 0. The van der Waals surface area contributed by atoms with Gasteiger partial charge in [0.05, 0.1) is 9.90 Å². The fraction of sp³-hybridized carbons (Fsp3) is 0.125. The number of hydrogen-bond acceptors (Lipinski definition) is 3. The van der Waals surface area contributed by atoms with Crippen LogP contribution in [-0.2, 0) is 0 Å². The van der Waals surface area contributed by atoms with Gasteiger partial charge in [0.2, 0.25) is 0 Å². The first kappa shape index (κ1) is 8.74. The maximum atomic E-state index is 9.78. The molecule has 68 valence electrons. The van der Waals surface area contributed by atoms with Crippen molar-refractivity contribution in [2.24, 2.45) is 0 Å². The highest BCUT2D eigenvalue weighted by molar-refractivity contribution is 7.10. The van der Waals surface area contributed by atoms with Crippen LogP contribution in [0.25, 0.3) is 0 Å². The monoisotopic (exact) mass is 214 g/mol. The van der Waals surface area contributed by atoms with Gasteiger partial charge in [-0.15, -0.1) is 11.3 Å². The Kier molecular flexibility index (Phi) is 2.35. The Labute approximate surface area is 84.0 Å². The molecule has 0 fully saturated rings. The zero-order valence-corrected chi connectivity index (χ0v) is 8.14. The van der Waals surface area contributed by atoms with E-state index < -0.39 is 6.10 Å². The number of halogens is 1. The molecule has 2 heterocycles. The first-order chi connectivity index (χ1) is 6.29. The minimum Gasteiger partial charge on any atom is -0.379 e. The van der Waals surface area contributed by atoms with E-state index in [9.17, 15) is 5.11 Å². The predicted octanol–water partition coefficient (Wildman–Crippen LogP) is 2.21. The molecule has 0 aliphatic carbocycles. The minimum atomic E-state index is -0.748. The van der Waals surface area contributed by atoms with Gasteiger partial charge in [-0.05, 0) is 11.4 Å². The Morgan fingerprint density at radius 2 is 2.46 bits per heavy atom. The van der Waals surface area contributed by atoms with E-state index in [4.69, 9.17) is 11.6 Å². The van der Waals surface area contributed by atoms with Crippen molar-refractivity contribution in [2.75, 3.05) is 0 Å². The lowest BCUT2D eigenvalue weighted by molar-refractivity contribution is 0.215. The first-order valence-electron chi connectivity index (χ1n) is 3.69. The molecule has 2 rings (SSSR count). The number of aliphatic hydroxyl groups excluding tert-OH is 1. The summed E-state index contributed by atoms with van der Waals surface area (Å²) in [6, 6.07) is 1.76. The third-order valence-electron chi connectivity index (χ3n) is 1.67. The zero-order chi connectivity index (χ0) is 9.26. The molecule has 2 aromatic rings. The maximum absolute atomic E-state index is 9.78. The van der Waals surface area contributed by atoms with E-state index in [1.165, 1.54) is 11.3 Å². The minimum absolute atomic E-state index is 0.518. The second-order valence-electron chi connectivity index (χ2n) is 2.51. The topological polar surface area (TPSA) is 48.9 Å². The van der Waals surface area contributed by atoms with E-state index in [2.05, 4.69) is 9.97 Å². The normalized spacial score (nSPS) is 13.1. The third-order valence-corrected chi connectivity index (χ3v) is 3.08. The van der Waals surface area contributed by atoms with Crippen molar-refractivity contribution in [3.63, 3.8) is 0 Å². The maximum Gasteiger partial charge on any atom is 0.147 e. The summed E-state index contributed by atoms with van der Waals surface area (Å²) in [4.78, 5) is 7.51. The molecule has 0 aliphatic rings. The molecule has 3 nitrogen and oxygen atoms in total. The molecule has 0 bridgehead atoms. The summed E-state index contributed by atoms with van der Waals surface area (Å²) in [5, 5.41) is 12.2. The number of rotatable bonds is 2. The summed E-state index contributed by atoms with van der Waals surface area (Å²) < 4.78 is 0. The fourth-order valence-corrected chi connectivity index (χ4v) is 2.20. The summed E-state index contributed by atoms with van der Waals surface area (Å²) >= 11 is 7.27. The molecule has 0 saturated heterocycles. The molecule has 0 aromatic carbocycles. The van der Waals surface area contributed by atoms with Crippen LogP contribution in [0.3, 0.4) is 0 Å². The van der Waals surface area contributed by atoms with Crippen molar-refractivity contribution in [2.45, 2.75) is 6.10 Å². The molecule has 0 radical (unpaired) electrons.